The number of fused-ring (bicyclic) bond motifs is 1. The summed E-state index contributed by atoms with van der Waals surface area (Å²) >= 11 is 0. The first-order valence-electron chi connectivity index (χ1n) is 11.4. The Kier molecular flexibility index (Phi) is 7.07. The van der Waals surface area contributed by atoms with Crippen LogP contribution in [0.4, 0.5) is 17.1 Å². The van der Waals surface area contributed by atoms with Crippen LogP contribution < -0.4 is 19.7 Å². The first-order valence-corrected chi connectivity index (χ1v) is 12.8. The van der Waals surface area contributed by atoms with E-state index in [2.05, 4.69) is 10.6 Å². The van der Waals surface area contributed by atoms with Gasteiger partial charge in [0.25, 0.3) is 10.0 Å². The third kappa shape index (κ3) is 5.46. The number of hydrogen-bond donors (Lipinski definition) is 2. The first kappa shape index (κ1) is 24.3. The normalized spacial score (nSPS) is 13.0. The van der Waals surface area contributed by atoms with E-state index in [0.717, 1.165) is 17.5 Å². The largest absolute Gasteiger partial charge is 0.494 e. The molecule has 3 aromatic rings. The molecule has 0 saturated carbocycles. The van der Waals surface area contributed by atoms with Crippen LogP contribution in [0.25, 0.3) is 0 Å². The molecule has 0 bridgehead atoms. The van der Waals surface area contributed by atoms with E-state index in [1.807, 2.05) is 13.8 Å². The van der Waals surface area contributed by atoms with Crippen LogP contribution in [0.1, 0.15) is 24.5 Å². The lowest BCUT2D eigenvalue weighted by molar-refractivity contribution is -0.132. The Morgan fingerprint density at radius 3 is 2.20 bits per heavy atom. The third-order valence-electron chi connectivity index (χ3n) is 5.66. The topological polar surface area (TPSA) is 105 Å². The van der Waals surface area contributed by atoms with E-state index in [4.69, 9.17) is 4.74 Å². The lowest BCUT2D eigenvalue weighted by Gasteiger charge is -2.31. The van der Waals surface area contributed by atoms with E-state index in [1.165, 1.54) is 4.31 Å². The van der Waals surface area contributed by atoms with Gasteiger partial charge < -0.3 is 15.4 Å². The van der Waals surface area contributed by atoms with E-state index in [0.29, 0.717) is 42.4 Å². The summed E-state index contributed by atoms with van der Waals surface area (Å²) < 4.78 is 33.4. The predicted molar refractivity (Wildman–Crippen MR) is 135 cm³/mol. The molecule has 182 valence electrons. The van der Waals surface area contributed by atoms with Gasteiger partial charge in [-0.2, -0.15) is 0 Å². The van der Waals surface area contributed by atoms with Crippen LogP contribution in [0.2, 0.25) is 0 Å². The summed E-state index contributed by atoms with van der Waals surface area (Å²) in [4.78, 5) is 25.1. The number of nitrogens with zero attached hydrogens (tertiary/aromatic N) is 1. The van der Waals surface area contributed by atoms with Gasteiger partial charge in [-0.05, 0) is 80.8 Å². The number of carbonyl (C=O) groups is 2. The zero-order chi connectivity index (χ0) is 25.0. The quantitative estimate of drug-likeness (QED) is 0.503. The Hall–Kier alpha value is -3.85. The molecule has 1 aliphatic heterocycles. The lowest BCUT2D eigenvalue weighted by Crippen LogP contribution is -2.35. The summed E-state index contributed by atoms with van der Waals surface area (Å²) in [6, 6.07) is 18.4. The Morgan fingerprint density at radius 1 is 0.914 bits per heavy atom. The van der Waals surface area contributed by atoms with Crippen molar-refractivity contribution in [1.82, 2.24) is 0 Å². The molecule has 0 aliphatic carbocycles. The fourth-order valence-corrected chi connectivity index (χ4v) is 5.42. The highest BCUT2D eigenvalue weighted by Gasteiger charge is 2.29. The zero-order valence-corrected chi connectivity index (χ0v) is 20.4. The van der Waals surface area contributed by atoms with E-state index in [-0.39, 0.29) is 4.90 Å². The van der Waals surface area contributed by atoms with Gasteiger partial charge in [0.05, 0.1) is 17.2 Å². The van der Waals surface area contributed by atoms with Crippen LogP contribution in [0.15, 0.2) is 71.6 Å². The van der Waals surface area contributed by atoms with Gasteiger partial charge in [0.2, 0.25) is 0 Å². The Bertz CT molecular complexity index is 1340. The van der Waals surface area contributed by atoms with Crippen molar-refractivity contribution in [3.8, 4) is 5.75 Å². The molecule has 0 atom stereocenters. The maximum atomic E-state index is 13.3. The van der Waals surface area contributed by atoms with Gasteiger partial charge in [0.15, 0.2) is 0 Å². The van der Waals surface area contributed by atoms with Crippen molar-refractivity contribution in [2.45, 2.75) is 31.6 Å². The van der Waals surface area contributed by atoms with Gasteiger partial charge in [0, 0.05) is 17.9 Å². The maximum Gasteiger partial charge on any atom is 0.314 e. The second kappa shape index (κ2) is 10.2. The highest BCUT2D eigenvalue weighted by atomic mass is 32.2. The molecular weight excluding hydrogens is 466 g/mol. The molecule has 0 unspecified atom stereocenters. The van der Waals surface area contributed by atoms with E-state index in [1.54, 1.807) is 66.7 Å². The molecule has 2 amide bonds. The molecule has 1 heterocycles. The van der Waals surface area contributed by atoms with Gasteiger partial charge in [-0.1, -0.05) is 23.8 Å². The number of anilines is 3. The van der Waals surface area contributed by atoms with Crippen molar-refractivity contribution < 1.29 is 22.7 Å². The molecule has 9 heteroatoms. The minimum Gasteiger partial charge on any atom is -0.494 e. The molecule has 2 N–H and O–H groups in total. The minimum atomic E-state index is -3.77. The molecule has 0 spiro atoms. The average Bonchev–Trinajstić information content (AvgIpc) is 2.85. The number of aryl methyl sites for hydroxylation is 2. The van der Waals surface area contributed by atoms with Gasteiger partial charge in [-0.15, -0.1) is 0 Å². The fourth-order valence-electron chi connectivity index (χ4n) is 3.88. The number of amides is 2. The molecule has 35 heavy (non-hydrogen) atoms. The second-order valence-corrected chi connectivity index (χ2v) is 10.1. The number of sulfonamides is 1. The van der Waals surface area contributed by atoms with Crippen LogP contribution in [-0.2, 0) is 26.0 Å². The number of rotatable bonds is 6. The molecule has 0 aromatic heterocycles. The number of ether oxygens (including phenoxy) is 1. The van der Waals surface area contributed by atoms with Crippen LogP contribution >= 0.6 is 0 Å². The Balaban J connectivity index is 1.50. The maximum absolute atomic E-state index is 13.3. The monoisotopic (exact) mass is 493 g/mol. The van der Waals surface area contributed by atoms with Crippen molar-refractivity contribution in [3.05, 3.63) is 77.9 Å². The molecule has 3 aromatic carbocycles. The predicted octanol–water partition coefficient (Wildman–Crippen LogP) is 4.11. The molecule has 8 nitrogen and oxygen atoms in total. The van der Waals surface area contributed by atoms with Gasteiger partial charge in [-0.3, -0.25) is 13.9 Å². The van der Waals surface area contributed by atoms with Crippen LogP contribution in [0.3, 0.4) is 0 Å². The summed E-state index contributed by atoms with van der Waals surface area (Å²) in [5.41, 5.74) is 3.12. The SMILES string of the molecule is CCOc1ccc(NC(=O)C(=O)Nc2ccc3c(c2)N(S(=O)(=O)c2ccc(C)cc2)CCC3)cc1. The number of hydrogen-bond acceptors (Lipinski definition) is 5. The van der Waals surface area contributed by atoms with Crippen molar-refractivity contribution in [2.24, 2.45) is 0 Å². The summed E-state index contributed by atoms with van der Waals surface area (Å²) in [7, 11) is -3.77. The summed E-state index contributed by atoms with van der Waals surface area (Å²) in [5.74, 6) is -1.03. The third-order valence-corrected chi connectivity index (χ3v) is 7.49. The Labute approximate surface area is 205 Å². The zero-order valence-electron chi connectivity index (χ0n) is 19.6. The smallest absolute Gasteiger partial charge is 0.314 e. The summed E-state index contributed by atoms with van der Waals surface area (Å²) in [6.45, 7) is 4.63. The molecular formula is C26H27N3O5S. The Morgan fingerprint density at radius 2 is 1.54 bits per heavy atom. The lowest BCUT2D eigenvalue weighted by atomic mass is 10.0. The number of nitrogens with one attached hydrogen (secondary N) is 2. The van der Waals surface area contributed by atoms with Crippen LogP contribution in [-0.4, -0.2) is 33.4 Å². The van der Waals surface area contributed by atoms with Gasteiger partial charge in [0.1, 0.15) is 5.75 Å². The van der Waals surface area contributed by atoms with E-state index >= 15 is 0 Å². The molecule has 0 radical (unpaired) electrons. The van der Waals surface area contributed by atoms with E-state index in [9.17, 15) is 18.0 Å². The van der Waals surface area contributed by atoms with Gasteiger partial charge >= 0.3 is 11.8 Å². The standard InChI is InChI=1S/C26H27N3O5S/c1-3-34-22-12-10-20(11-13-22)27-25(30)26(31)28-21-9-8-19-5-4-16-29(24(19)17-21)35(32,33)23-14-6-18(2)7-15-23/h6-15,17H,3-5,16H2,1-2H3,(H,27,30)(H,28,31). The molecule has 4 rings (SSSR count). The molecule has 1 aliphatic rings. The van der Waals surface area contributed by atoms with Crippen LogP contribution in [0, 0.1) is 6.92 Å². The second-order valence-electron chi connectivity index (χ2n) is 8.20. The van der Waals surface area contributed by atoms with Crippen molar-refractivity contribution in [3.63, 3.8) is 0 Å². The van der Waals surface area contributed by atoms with Crippen molar-refractivity contribution in [2.75, 3.05) is 28.1 Å². The molecule has 0 saturated heterocycles. The molecule has 0 fully saturated rings. The summed E-state index contributed by atoms with van der Waals surface area (Å²) in [6.07, 6.45) is 1.41. The van der Waals surface area contributed by atoms with E-state index < -0.39 is 21.8 Å². The first-order chi connectivity index (χ1) is 16.8. The minimum absolute atomic E-state index is 0.208. The highest BCUT2D eigenvalue weighted by molar-refractivity contribution is 7.92. The van der Waals surface area contributed by atoms with Crippen LogP contribution in [0.5, 0.6) is 5.75 Å². The summed E-state index contributed by atoms with van der Waals surface area (Å²) in [5, 5.41) is 5.11. The fraction of sp³-hybridized carbons (Fsp3) is 0.231. The highest BCUT2D eigenvalue weighted by Crippen LogP contribution is 2.34. The van der Waals surface area contributed by atoms with Crippen molar-refractivity contribution >= 4 is 38.9 Å². The number of carbonyl (C=O) groups excluding carboxylic acids is 2. The average molecular weight is 494 g/mol. The van der Waals surface area contributed by atoms with Gasteiger partial charge in [-0.25, -0.2) is 8.42 Å². The van der Waals surface area contributed by atoms with Crippen molar-refractivity contribution in [1.29, 1.82) is 0 Å². The number of benzene rings is 3.